The predicted octanol–water partition coefficient (Wildman–Crippen LogP) is 6.03. The summed E-state index contributed by atoms with van der Waals surface area (Å²) in [6.07, 6.45) is 20.5. The maximum atomic E-state index is 12.1. The Kier molecular flexibility index (Phi) is 23.0. The zero-order valence-corrected chi connectivity index (χ0v) is 21.3. The molecule has 0 rings (SSSR count). The summed E-state index contributed by atoms with van der Waals surface area (Å²) in [4.78, 5) is 12.1. The number of amides is 1. The minimum Gasteiger partial charge on any atom is -0.394 e. The smallest absolute Gasteiger partial charge is 0.220 e. The van der Waals surface area contributed by atoms with Crippen LogP contribution in [-0.4, -0.2) is 46.1 Å². The molecular weight excluding hydrogens is 402 g/mol. The Balaban J connectivity index is 3.80. The van der Waals surface area contributed by atoms with Gasteiger partial charge in [-0.15, -0.1) is 0 Å². The van der Waals surface area contributed by atoms with E-state index in [4.69, 9.17) is 0 Å². The third-order valence-corrected chi connectivity index (χ3v) is 6.46. The number of nitrogens with one attached hydrogen (secondary N) is 1. The highest BCUT2D eigenvalue weighted by molar-refractivity contribution is 5.76. The summed E-state index contributed by atoms with van der Waals surface area (Å²) in [5.74, 6) is -0.153. The molecule has 0 aromatic carbocycles. The van der Waals surface area contributed by atoms with E-state index in [0.29, 0.717) is 12.8 Å². The van der Waals surface area contributed by atoms with Gasteiger partial charge in [0.1, 0.15) is 6.10 Å². The highest BCUT2D eigenvalue weighted by Crippen LogP contribution is 2.14. The fraction of sp³-hybridized carbons (Fsp3) is 0.963. The summed E-state index contributed by atoms with van der Waals surface area (Å²) >= 11 is 0. The number of rotatable bonds is 24. The van der Waals surface area contributed by atoms with Crippen molar-refractivity contribution in [3.63, 3.8) is 0 Å². The van der Waals surface area contributed by atoms with Crippen LogP contribution < -0.4 is 5.32 Å². The molecule has 0 aromatic rings. The molecule has 1 amide bonds. The van der Waals surface area contributed by atoms with E-state index in [-0.39, 0.29) is 12.5 Å². The van der Waals surface area contributed by atoms with Crippen molar-refractivity contribution < 1.29 is 20.1 Å². The number of aliphatic hydroxyl groups is 3. The zero-order valence-electron chi connectivity index (χ0n) is 21.3. The third-order valence-electron chi connectivity index (χ3n) is 6.46. The van der Waals surface area contributed by atoms with Crippen molar-refractivity contribution in [2.24, 2.45) is 0 Å². The molecular formula is C27H55NO4. The van der Waals surface area contributed by atoms with Crippen molar-refractivity contribution in [3.05, 3.63) is 0 Å². The number of carbonyl (C=O) groups is 1. The number of hydrogen-bond acceptors (Lipinski definition) is 4. The Hall–Kier alpha value is -0.650. The Morgan fingerprint density at radius 3 is 1.50 bits per heavy atom. The van der Waals surface area contributed by atoms with E-state index < -0.39 is 18.2 Å². The maximum absolute atomic E-state index is 12.1. The van der Waals surface area contributed by atoms with Crippen LogP contribution in [0.3, 0.4) is 0 Å². The molecule has 4 N–H and O–H groups in total. The molecule has 0 aliphatic heterocycles. The first kappa shape index (κ1) is 31.4. The Morgan fingerprint density at radius 2 is 1.06 bits per heavy atom. The van der Waals surface area contributed by atoms with Gasteiger partial charge < -0.3 is 20.6 Å². The number of unbranched alkanes of at least 4 members (excludes halogenated alkanes) is 16. The highest BCUT2D eigenvalue weighted by atomic mass is 16.3. The molecule has 0 heterocycles. The summed E-state index contributed by atoms with van der Waals surface area (Å²) in [6.45, 7) is 4.09. The van der Waals surface area contributed by atoms with Crippen LogP contribution in [0.15, 0.2) is 0 Å². The molecule has 192 valence electrons. The summed E-state index contributed by atoms with van der Waals surface area (Å²) in [5, 5.41) is 32.9. The Labute approximate surface area is 198 Å². The molecule has 32 heavy (non-hydrogen) atoms. The lowest BCUT2D eigenvalue weighted by molar-refractivity contribution is -0.124. The van der Waals surface area contributed by atoms with Gasteiger partial charge >= 0.3 is 0 Å². The Bertz CT molecular complexity index is 405. The van der Waals surface area contributed by atoms with Crippen LogP contribution in [0.25, 0.3) is 0 Å². The van der Waals surface area contributed by atoms with Crippen LogP contribution in [0.4, 0.5) is 0 Å². The first-order valence-electron chi connectivity index (χ1n) is 13.8. The van der Waals surface area contributed by atoms with E-state index in [1.807, 2.05) is 0 Å². The van der Waals surface area contributed by atoms with Crippen LogP contribution in [0.1, 0.15) is 142 Å². The van der Waals surface area contributed by atoms with Gasteiger partial charge in [-0.2, -0.15) is 0 Å². The minimum atomic E-state index is -1.12. The van der Waals surface area contributed by atoms with Crippen molar-refractivity contribution in [2.45, 2.75) is 161 Å². The molecule has 0 unspecified atom stereocenters. The first-order chi connectivity index (χ1) is 15.6. The second-order valence-electron chi connectivity index (χ2n) is 9.61. The number of carbonyl (C=O) groups excluding carboxylic acids is 1. The molecule has 0 fully saturated rings. The maximum Gasteiger partial charge on any atom is 0.220 e. The second kappa shape index (κ2) is 23.5. The van der Waals surface area contributed by atoms with Crippen LogP contribution >= 0.6 is 0 Å². The second-order valence-corrected chi connectivity index (χ2v) is 9.61. The van der Waals surface area contributed by atoms with E-state index in [2.05, 4.69) is 19.2 Å². The predicted molar refractivity (Wildman–Crippen MR) is 135 cm³/mol. The summed E-state index contributed by atoms with van der Waals surface area (Å²) < 4.78 is 0. The van der Waals surface area contributed by atoms with Gasteiger partial charge in [-0.05, 0) is 12.8 Å². The van der Waals surface area contributed by atoms with Gasteiger partial charge in [-0.3, -0.25) is 4.79 Å². The van der Waals surface area contributed by atoms with E-state index in [0.717, 1.165) is 38.5 Å². The van der Waals surface area contributed by atoms with Crippen LogP contribution in [0.5, 0.6) is 0 Å². The van der Waals surface area contributed by atoms with E-state index in [1.54, 1.807) is 0 Å². The number of aliphatic hydroxyl groups excluding tert-OH is 3. The lowest BCUT2D eigenvalue weighted by Gasteiger charge is -2.26. The van der Waals surface area contributed by atoms with Crippen LogP contribution in [0, 0.1) is 0 Å². The van der Waals surface area contributed by atoms with Crippen LogP contribution in [-0.2, 0) is 4.79 Å². The SMILES string of the molecule is CCCCCCCCCCCC[C@@H](O)[C@@H](O)[C@H](CO)NC(=O)CCCCCCCCCC. The fourth-order valence-electron chi connectivity index (χ4n) is 4.22. The molecule has 0 radical (unpaired) electrons. The number of hydrogen-bond donors (Lipinski definition) is 4. The monoisotopic (exact) mass is 457 g/mol. The topological polar surface area (TPSA) is 89.8 Å². The van der Waals surface area contributed by atoms with Gasteiger partial charge in [0.05, 0.1) is 18.8 Å². The molecule has 0 aliphatic rings. The largest absolute Gasteiger partial charge is 0.394 e. The van der Waals surface area contributed by atoms with E-state index in [9.17, 15) is 20.1 Å². The molecule has 0 spiro atoms. The first-order valence-corrected chi connectivity index (χ1v) is 13.8. The van der Waals surface area contributed by atoms with Crippen molar-refractivity contribution in [2.75, 3.05) is 6.61 Å². The molecule has 0 bridgehead atoms. The molecule has 3 atom stereocenters. The van der Waals surface area contributed by atoms with Gasteiger partial charge in [0.25, 0.3) is 0 Å². The molecule has 5 heteroatoms. The highest BCUT2D eigenvalue weighted by Gasteiger charge is 2.26. The zero-order chi connectivity index (χ0) is 23.9. The lowest BCUT2D eigenvalue weighted by atomic mass is 9.99. The molecule has 5 nitrogen and oxygen atoms in total. The van der Waals surface area contributed by atoms with Crippen LogP contribution in [0.2, 0.25) is 0 Å². The summed E-state index contributed by atoms with van der Waals surface area (Å²) in [7, 11) is 0. The molecule has 0 aliphatic carbocycles. The average molecular weight is 458 g/mol. The summed E-state index contributed by atoms with van der Waals surface area (Å²) in [5.41, 5.74) is 0. The fourth-order valence-corrected chi connectivity index (χ4v) is 4.22. The lowest BCUT2D eigenvalue weighted by Crippen LogP contribution is -2.50. The average Bonchev–Trinajstić information content (AvgIpc) is 2.79. The van der Waals surface area contributed by atoms with Crippen molar-refractivity contribution in [1.82, 2.24) is 5.32 Å². The minimum absolute atomic E-state index is 0.153. The van der Waals surface area contributed by atoms with Crippen molar-refractivity contribution in [3.8, 4) is 0 Å². The van der Waals surface area contributed by atoms with Crippen molar-refractivity contribution in [1.29, 1.82) is 0 Å². The summed E-state index contributed by atoms with van der Waals surface area (Å²) in [6, 6.07) is -0.797. The van der Waals surface area contributed by atoms with Gasteiger partial charge in [-0.1, -0.05) is 123 Å². The van der Waals surface area contributed by atoms with Gasteiger partial charge in [0.15, 0.2) is 0 Å². The van der Waals surface area contributed by atoms with E-state index in [1.165, 1.54) is 77.0 Å². The standard InChI is InChI=1S/C27H55NO4/c1-3-5-7-9-11-13-14-15-17-19-21-25(30)27(32)24(23-29)28-26(31)22-20-18-16-12-10-8-6-4-2/h24-25,27,29-30,32H,3-23H2,1-2H3,(H,28,31)/t24-,25+,27-/m0/s1. The normalized spacial score (nSPS) is 14.3. The molecule has 0 saturated carbocycles. The third kappa shape index (κ3) is 18.9. The van der Waals surface area contributed by atoms with Gasteiger partial charge in [-0.25, -0.2) is 0 Å². The molecule has 0 saturated heterocycles. The van der Waals surface area contributed by atoms with E-state index >= 15 is 0 Å². The van der Waals surface area contributed by atoms with Gasteiger partial charge in [0.2, 0.25) is 5.91 Å². The van der Waals surface area contributed by atoms with Crippen molar-refractivity contribution >= 4 is 5.91 Å². The Morgan fingerprint density at radius 1 is 0.656 bits per heavy atom. The van der Waals surface area contributed by atoms with Gasteiger partial charge in [0, 0.05) is 6.42 Å². The quantitative estimate of drug-likeness (QED) is 0.133. The molecule has 0 aromatic heterocycles.